The summed E-state index contributed by atoms with van der Waals surface area (Å²) in [5.74, 6) is 0.0552. The Labute approximate surface area is 143 Å². The van der Waals surface area contributed by atoms with Crippen LogP contribution < -0.4 is 5.32 Å². The largest absolute Gasteiger partial charge is 0.358 e. The number of nitrogens with one attached hydrogen (secondary N) is 2. The van der Waals surface area contributed by atoms with E-state index in [1.54, 1.807) is 0 Å². The Morgan fingerprint density at radius 3 is 2.79 bits per heavy atom. The van der Waals surface area contributed by atoms with Crippen LogP contribution in [-0.2, 0) is 12.8 Å². The third-order valence-electron chi connectivity index (χ3n) is 5.52. The van der Waals surface area contributed by atoms with Gasteiger partial charge in [0.15, 0.2) is 0 Å². The van der Waals surface area contributed by atoms with Gasteiger partial charge in [-0.15, -0.1) is 0 Å². The number of carbonyl (C=O) groups excluding carboxylic acids is 1. The Hall–Kier alpha value is -1.81. The molecule has 0 saturated carbocycles. The molecule has 0 bridgehead atoms. The number of aromatic nitrogens is 1. The molecule has 0 radical (unpaired) electrons. The van der Waals surface area contributed by atoms with Gasteiger partial charge in [0.2, 0.25) is 0 Å². The van der Waals surface area contributed by atoms with E-state index >= 15 is 0 Å². The maximum absolute atomic E-state index is 12.5. The second-order valence-corrected chi connectivity index (χ2v) is 7.21. The lowest BCUT2D eigenvalue weighted by atomic mass is 9.95. The van der Waals surface area contributed by atoms with Crippen LogP contribution in [0.3, 0.4) is 0 Å². The van der Waals surface area contributed by atoms with Crippen molar-refractivity contribution in [2.75, 3.05) is 26.2 Å². The lowest BCUT2D eigenvalue weighted by Gasteiger charge is -2.26. The first-order valence-electron chi connectivity index (χ1n) is 9.45. The molecule has 4 nitrogen and oxygen atoms in total. The van der Waals surface area contributed by atoms with Crippen LogP contribution in [0.2, 0.25) is 0 Å². The summed E-state index contributed by atoms with van der Waals surface area (Å²) < 4.78 is 0. The third-order valence-corrected chi connectivity index (χ3v) is 5.52. The van der Waals surface area contributed by atoms with Gasteiger partial charge in [-0.1, -0.05) is 6.42 Å². The number of piperidine rings is 1. The molecule has 0 spiro atoms. The summed E-state index contributed by atoms with van der Waals surface area (Å²) in [7, 11) is 0. The molecule has 4 heteroatoms. The number of likely N-dealkylation sites (tertiary alicyclic amines) is 1. The fourth-order valence-electron chi connectivity index (χ4n) is 4.16. The van der Waals surface area contributed by atoms with Gasteiger partial charge >= 0.3 is 0 Å². The van der Waals surface area contributed by atoms with Gasteiger partial charge in [0.05, 0.1) is 0 Å². The van der Waals surface area contributed by atoms with E-state index in [0.29, 0.717) is 0 Å². The summed E-state index contributed by atoms with van der Waals surface area (Å²) in [5.41, 5.74) is 4.76. The SMILES string of the molecule is O=C(NCCN1CCCCC1)c1ccc2[nH]c3c(c2c1)CCCC3. The molecule has 2 aliphatic rings. The monoisotopic (exact) mass is 325 g/mol. The minimum atomic E-state index is 0.0552. The number of nitrogens with zero attached hydrogens (tertiary/aromatic N) is 1. The summed E-state index contributed by atoms with van der Waals surface area (Å²) in [6.07, 6.45) is 8.74. The Morgan fingerprint density at radius 2 is 1.92 bits per heavy atom. The predicted octanol–water partition coefficient (Wildman–Crippen LogP) is 3.26. The zero-order valence-electron chi connectivity index (χ0n) is 14.4. The van der Waals surface area contributed by atoms with Gasteiger partial charge in [-0.25, -0.2) is 0 Å². The molecule has 1 aliphatic heterocycles. The summed E-state index contributed by atoms with van der Waals surface area (Å²) in [6, 6.07) is 6.08. The molecule has 1 aliphatic carbocycles. The minimum absolute atomic E-state index is 0.0552. The first-order chi connectivity index (χ1) is 11.8. The number of benzene rings is 1. The fraction of sp³-hybridized carbons (Fsp3) is 0.550. The smallest absolute Gasteiger partial charge is 0.251 e. The molecular weight excluding hydrogens is 298 g/mol. The highest BCUT2D eigenvalue weighted by Gasteiger charge is 2.17. The molecule has 2 N–H and O–H groups in total. The third kappa shape index (κ3) is 3.20. The van der Waals surface area contributed by atoms with Gasteiger partial charge in [0.1, 0.15) is 0 Å². The van der Waals surface area contributed by atoms with Gasteiger partial charge in [-0.05, 0) is 75.4 Å². The van der Waals surface area contributed by atoms with Gasteiger partial charge < -0.3 is 15.2 Å². The van der Waals surface area contributed by atoms with Crippen LogP contribution in [0.5, 0.6) is 0 Å². The number of rotatable bonds is 4. The number of carbonyl (C=O) groups is 1. The molecule has 0 atom stereocenters. The number of fused-ring (bicyclic) bond motifs is 3. The molecule has 1 saturated heterocycles. The van der Waals surface area contributed by atoms with Crippen molar-refractivity contribution in [3.8, 4) is 0 Å². The predicted molar refractivity (Wildman–Crippen MR) is 97.6 cm³/mol. The maximum Gasteiger partial charge on any atom is 0.251 e. The van der Waals surface area contributed by atoms with Crippen molar-refractivity contribution in [1.29, 1.82) is 0 Å². The normalized spacial score (nSPS) is 18.5. The number of aromatic amines is 1. The number of hydrogen-bond donors (Lipinski definition) is 2. The van der Waals surface area contributed by atoms with Gasteiger partial charge in [-0.3, -0.25) is 4.79 Å². The number of H-pyrrole nitrogens is 1. The highest BCUT2D eigenvalue weighted by Crippen LogP contribution is 2.29. The molecule has 24 heavy (non-hydrogen) atoms. The van der Waals surface area contributed by atoms with Crippen molar-refractivity contribution < 1.29 is 4.79 Å². The zero-order chi connectivity index (χ0) is 16.4. The molecule has 128 valence electrons. The van der Waals surface area contributed by atoms with E-state index in [0.717, 1.165) is 31.5 Å². The van der Waals surface area contributed by atoms with Crippen LogP contribution >= 0.6 is 0 Å². The second kappa shape index (κ2) is 6.98. The molecular formula is C20H27N3O. The van der Waals surface area contributed by atoms with Crippen molar-refractivity contribution >= 4 is 16.8 Å². The second-order valence-electron chi connectivity index (χ2n) is 7.21. The molecule has 1 aromatic carbocycles. The van der Waals surface area contributed by atoms with Crippen LogP contribution in [-0.4, -0.2) is 42.0 Å². The zero-order valence-corrected chi connectivity index (χ0v) is 14.4. The fourth-order valence-corrected chi connectivity index (χ4v) is 4.16. The molecule has 4 rings (SSSR count). The molecule has 1 aromatic heterocycles. The van der Waals surface area contributed by atoms with Crippen molar-refractivity contribution in [2.45, 2.75) is 44.9 Å². The highest BCUT2D eigenvalue weighted by atomic mass is 16.1. The van der Waals surface area contributed by atoms with Crippen LogP contribution in [0.15, 0.2) is 18.2 Å². The van der Waals surface area contributed by atoms with E-state index in [4.69, 9.17) is 0 Å². The highest BCUT2D eigenvalue weighted by molar-refractivity contribution is 5.99. The van der Waals surface area contributed by atoms with Crippen LogP contribution in [0.25, 0.3) is 10.9 Å². The lowest BCUT2D eigenvalue weighted by molar-refractivity contribution is 0.0946. The Balaban J connectivity index is 1.42. The average molecular weight is 325 g/mol. The Kier molecular flexibility index (Phi) is 4.56. The van der Waals surface area contributed by atoms with E-state index in [2.05, 4.69) is 27.3 Å². The van der Waals surface area contributed by atoms with Crippen molar-refractivity contribution in [3.05, 3.63) is 35.0 Å². The van der Waals surface area contributed by atoms with E-state index in [-0.39, 0.29) is 5.91 Å². The van der Waals surface area contributed by atoms with Crippen molar-refractivity contribution in [3.63, 3.8) is 0 Å². The van der Waals surface area contributed by atoms with E-state index in [1.165, 1.54) is 67.4 Å². The van der Waals surface area contributed by atoms with Crippen LogP contribution in [0.4, 0.5) is 0 Å². The van der Waals surface area contributed by atoms with E-state index in [1.807, 2.05) is 6.07 Å². The van der Waals surface area contributed by atoms with Gasteiger partial charge in [-0.2, -0.15) is 0 Å². The number of aryl methyl sites for hydroxylation is 2. The molecule has 1 fully saturated rings. The van der Waals surface area contributed by atoms with Crippen LogP contribution in [0, 0.1) is 0 Å². The van der Waals surface area contributed by atoms with E-state index < -0.39 is 0 Å². The first kappa shape index (κ1) is 15.7. The lowest BCUT2D eigenvalue weighted by Crippen LogP contribution is -2.37. The first-order valence-corrected chi connectivity index (χ1v) is 9.45. The van der Waals surface area contributed by atoms with Crippen molar-refractivity contribution in [2.24, 2.45) is 0 Å². The quantitative estimate of drug-likeness (QED) is 0.906. The van der Waals surface area contributed by atoms with Crippen molar-refractivity contribution in [1.82, 2.24) is 15.2 Å². The summed E-state index contributed by atoms with van der Waals surface area (Å²) in [6.45, 7) is 4.06. The summed E-state index contributed by atoms with van der Waals surface area (Å²) in [5, 5.41) is 4.34. The Morgan fingerprint density at radius 1 is 1.08 bits per heavy atom. The number of amides is 1. The topological polar surface area (TPSA) is 48.1 Å². The number of hydrogen-bond acceptors (Lipinski definition) is 2. The minimum Gasteiger partial charge on any atom is -0.358 e. The molecule has 2 heterocycles. The Bertz CT molecular complexity index is 728. The van der Waals surface area contributed by atoms with Gasteiger partial charge in [0.25, 0.3) is 5.91 Å². The molecule has 2 aromatic rings. The average Bonchev–Trinajstić information content (AvgIpc) is 3.00. The van der Waals surface area contributed by atoms with Crippen LogP contribution in [0.1, 0.15) is 53.7 Å². The summed E-state index contributed by atoms with van der Waals surface area (Å²) >= 11 is 0. The molecule has 0 unspecified atom stereocenters. The maximum atomic E-state index is 12.5. The standard InChI is InChI=1S/C20H27N3O/c24-20(21-10-13-23-11-4-1-5-12-23)15-8-9-19-17(14-15)16-6-2-3-7-18(16)22-19/h8-9,14,22H,1-7,10-13H2,(H,21,24). The summed E-state index contributed by atoms with van der Waals surface area (Å²) in [4.78, 5) is 18.5. The van der Waals surface area contributed by atoms with Gasteiger partial charge in [0, 0.05) is 35.2 Å². The van der Waals surface area contributed by atoms with E-state index in [9.17, 15) is 4.79 Å². The molecule has 1 amide bonds.